The van der Waals surface area contributed by atoms with Gasteiger partial charge in [-0.3, -0.25) is 14.9 Å². The molecule has 2 aromatic rings. The van der Waals surface area contributed by atoms with E-state index in [1.165, 1.54) is 31.3 Å². The molecule has 0 saturated heterocycles. The topological polar surface area (TPSA) is 111 Å². The van der Waals surface area contributed by atoms with Gasteiger partial charge in [0, 0.05) is 17.3 Å². The van der Waals surface area contributed by atoms with Crippen LogP contribution in [-0.2, 0) is 9.53 Å². The van der Waals surface area contributed by atoms with Crippen molar-refractivity contribution in [3.8, 4) is 0 Å². The van der Waals surface area contributed by atoms with E-state index in [2.05, 4.69) is 10.3 Å². The fourth-order valence-corrected chi connectivity index (χ4v) is 2.07. The summed E-state index contributed by atoms with van der Waals surface area (Å²) >= 11 is 11.4. The lowest BCUT2D eigenvalue weighted by molar-refractivity contribution is -0.385. The van der Waals surface area contributed by atoms with Crippen molar-refractivity contribution in [1.82, 2.24) is 4.98 Å². The summed E-state index contributed by atoms with van der Waals surface area (Å²) in [4.78, 5) is 38.3. The standard InChI is InChI=1S/C15H11Cl2N3O5/c1-8(14(21)19-13-5-3-10(17)7-18-13)25-15(22)11-6-9(16)2-4-12(11)20(23)24/h2-8H,1H3,(H,18,19,21)/t8-/m0/s1. The first-order valence-electron chi connectivity index (χ1n) is 6.85. The number of esters is 1. The first kappa shape index (κ1) is 18.6. The molecule has 0 aliphatic heterocycles. The van der Waals surface area contributed by atoms with Crippen molar-refractivity contribution in [3.05, 3.63) is 62.3 Å². The van der Waals surface area contributed by atoms with Crippen LogP contribution in [0.3, 0.4) is 0 Å². The molecule has 8 nitrogen and oxygen atoms in total. The molecule has 1 aromatic carbocycles. The molecule has 0 aliphatic rings. The Kier molecular flexibility index (Phi) is 5.89. The predicted octanol–water partition coefficient (Wildman–Crippen LogP) is 3.48. The third kappa shape index (κ3) is 4.88. The largest absolute Gasteiger partial charge is 0.449 e. The zero-order chi connectivity index (χ0) is 18.6. The average molecular weight is 384 g/mol. The van der Waals surface area contributed by atoms with Crippen LogP contribution in [0.25, 0.3) is 0 Å². The van der Waals surface area contributed by atoms with Gasteiger partial charge in [-0.15, -0.1) is 0 Å². The number of benzene rings is 1. The van der Waals surface area contributed by atoms with Gasteiger partial charge in [0.25, 0.3) is 11.6 Å². The molecule has 0 radical (unpaired) electrons. The normalized spacial score (nSPS) is 11.5. The van der Waals surface area contributed by atoms with E-state index < -0.39 is 28.6 Å². The Morgan fingerprint density at radius 3 is 2.52 bits per heavy atom. The van der Waals surface area contributed by atoms with Crippen molar-refractivity contribution in [2.24, 2.45) is 0 Å². The van der Waals surface area contributed by atoms with Crippen LogP contribution in [-0.4, -0.2) is 27.9 Å². The lowest BCUT2D eigenvalue weighted by Crippen LogP contribution is -2.30. The van der Waals surface area contributed by atoms with E-state index in [1.54, 1.807) is 0 Å². The van der Waals surface area contributed by atoms with Gasteiger partial charge in [-0.2, -0.15) is 0 Å². The summed E-state index contributed by atoms with van der Waals surface area (Å²) in [6, 6.07) is 6.46. The molecule has 0 saturated carbocycles. The number of hydrogen-bond donors (Lipinski definition) is 1. The van der Waals surface area contributed by atoms with Crippen LogP contribution < -0.4 is 5.32 Å². The van der Waals surface area contributed by atoms with E-state index in [-0.39, 0.29) is 16.4 Å². The maximum absolute atomic E-state index is 12.1. The van der Waals surface area contributed by atoms with Crippen molar-refractivity contribution < 1.29 is 19.2 Å². The van der Waals surface area contributed by atoms with Crippen LogP contribution in [0, 0.1) is 10.1 Å². The van der Waals surface area contributed by atoms with Gasteiger partial charge in [0.1, 0.15) is 11.4 Å². The molecule has 0 aliphatic carbocycles. The van der Waals surface area contributed by atoms with Gasteiger partial charge in [-0.25, -0.2) is 9.78 Å². The monoisotopic (exact) mass is 383 g/mol. The molecule has 1 amide bonds. The lowest BCUT2D eigenvalue weighted by atomic mass is 10.2. The number of amides is 1. The summed E-state index contributed by atoms with van der Waals surface area (Å²) in [5.74, 6) is -1.49. The van der Waals surface area contributed by atoms with Gasteiger partial charge >= 0.3 is 5.97 Å². The number of nitro groups is 1. The third-order valence-corrected chi connectivity index (χ3v) is 3.47. The second-order valence-electron chi connectivity index (χ2n) is 4.82. The van der Waals surface area contributed by atoms with Crippen LogP contribution in [0.1, 0.15) is 17.3 Å². The fraction of sp³-hybridized carbons (Fsp3) is 0.133. The number of carbonyl (C=O) groups excluding carboxylic acids is 2. The smallest absolute Gasteiger partial charge is 0.345 e. The highest BCUT2D eigenvalue weighted by atomic mass is 35.5. The van der Waals surface area contributed by atoms with Gasteiger partial charge in [-0.1, -0.05) is 23.2 Å². The van der Waals surface area contributed by atoms with E-state index >= 15 is 0 Å². The first-order valence-corrected chi connectivity index (χ1v) is 7.61. The number of hydrogen-bond acceptors (Lipinski definition) is 6. The molecule has 130 valence electrons. The summed E-state index contributed by atoms with van der Waals surface area (Å²) < 4.78 is 4.97. The number of nitrogens with zero attached hydrogens (tertiary/aromatic N) is 2. The minimum Gasteiger partial charge on any atom is -0.449 e. The Morgan fingerprint density at radius 2 is 1.92 bits per heavy atom. The minimum atomic E-state index is -1.22. The summed E-state index contributed by atoms with van der Waals surface area (Å²) in [5.41, 5.74) is -0.817. The summed E-state index contributed by atoms with van der Waals surface area (Å²) in [6.07, 6.45) is 0.118. The predicted molar refractivity (Wildman–Crippen MR) is 90.9 cm³/mol. The molecule has 10 heteroatoms. The average Bonchev–Trinajstić information content (AvgIpc) is 2.56. The second-order valence-corrected chi connectivity index (χ2v) is 5.69. The van der Waals surface area contributed by atoms with Crippen LogP contribution in [0.15, 0.2) is 36.5 Å². The van der Waals surface area contributed by atoms with E-state index in [4.69, 9.17) is 27.9 Å². The van der Waals surface area contributed by atoms with Gasteiger partial charge in [-0.05, 0) is 31.2 Å². The van der Waals surface area contributed by atoms with E-state index in [1.807, 2.05) is 0 Å². The highest BCUT2D eigenvalue weighted by molar-refractivity contribution is 6.31. The quantitative estimate of drug-likeness (QED) is 0.480. The van der Waals surface area contributed by atoms with Crippen LogP contribution in [0.4, 0.5) is 11.5 Å². The van der Waals surface area contributed by atoms with Gasteiger partial charge < -0.3 is 10.1 Å². The number of nitro benzene ring substituents is 1. The van der Waals surface area contributed by atoms with Crippen molar-refractivity contribution in [1.29, 1.82) is 0 Å². The van der Waals surface area contributed by atoms with E-state index in [0.717, 1.165) is 12.1 Å². The second kappa shape index (κ2) is 7.91. The number of aromatic nitrogens is 1. The van der Waals surface area contributed by atoms with Gasteiger partial charge in [0.2, 0.25) is 0 Å². The number of carbonyl (C=O) groups is 2. The van der Waals surface area contributed by atoms with E-state index in [0.29, 0.717) is 5.02 Å². The van der Waals surface area contributed by atoms with Crippen molar-refractivity contribution in [2.75, 3.05) is 5.32 Å². The first-order chi connectivity index (χ1) is 11.8. The highest BCUT2D eigenvalue weighted by Gasteiger charge is 2.25. The maximum atomic E-state index is 12.1. The number of rotatable bonds is 5. The van der Waals surface area contributed by atoms with Crippen LogP contribution in [0.2, 0.25) is 10.0 Å². The zero-order valence-corrected chi connectivity index (χ0v) is 14.2. The Labute approximate surface area is 151 Å². The van der Waals surface area contributed by atoms with Crippen LogP contribution in [0.5, 0.6) is 0 Å². The molecular weight excluding hydrogens is 373 g/mol. The van der Waals surface area contributed by atoms with Crippen molar-refractivity contribution in [2.45, 2.75) is 13.0 Å². The molecule has 1 aromatic heterocycles. The zero-order valence-electron chi connectivity index (χ0n) is 12.7. The summed E-state index contributed by atoms with van der Waals surface area (Å²) in [6.45, 7) is 1.32. The molecule has 0 bridgehead atoms. The van der Waals surface area contributed by atoms with Crippen molar-refractivity contribution >= 4 is 46.6 Å². The van der Waals surface area contributed by atoms with Gasteiger partial charge in [0.15, 0.2) is 6.10 Å². The lowest BCUT2D eigenvalue weighted by Gasteiger charge is -2.13. The maximum Gasteiger partial charge on any atom is 0.345 e. The molecule has 2 rings (SSSR count). The summed E-state index contributed by atoms with van der Waals surface area (Å²) in [7, 11) is 0. The Balaban J connectivity index is 2.09. The van der Waals surface area contributed by atoms with Crippen molar-refractivity contribution in [3.63, 3.8) is 0 Å². The Bertz CT molecular complexity index is 826. The van der Waals surface area contributed by atoms with Gasteiger partial charge in [0.05, 0.1) is 9.95 Å². The molecule has 0 unspecified atom stereocenters. The Morgan fingerprint density at radius 1 is 1.24 bits per heavy atom. The number of nitrogens with one attached hydrogen (secondary N) is 1. The SMILES string of the molecule is C[C@H](OC(=O)c1cc(Cl)ccc1[N+](=O)[O-])C(=O)Nc1ccc(Cl)cn1. The fourth-order valence-electron chi connectivity index (χ4n) is 1.79. The van der Waals surface area contributed by atoms with Crippen LogP contribution >= 0.6 is 23.2 Å². The molecule has 1 atom stereocenters. The molecule has 0 spiro atoms. The Hall–Kier alpha value is -2.71. The number of halogens is 2. The minimum absolute atomic E-state index is 0.125. The van der Waals surface area contributed by atoms with E-state index in [9.17, 15) is 19.7 Å². The molecule has 1 heterocycles. The number of ether oxygens (including phenoxy) is 1. The molecule has 0 fully saturated rings. The molecule has 25 heavy (non-hydrogen) atoms. The molecular formula is C15H11Cl2N3O5. The molecule has 1 N–H and O–H groups in total. The summed E-state index contributed by atoms with van der Waals surface area (Å²) in [5, 5.41) is 13.9. The number of anilines is 1. The number of pyridine rings is 1. The highest BCUT2D eigenvalue weighted by Crippen LogP contribution is 2.24. The third-order valence-electron chi connectivity index (χ3n) is 3.01.